The second kappa shape index (κ2) is 6.20. The molecule has 1 amide bonds. The minimum Gasteiger partial charge on any atom is -0.357 e. The van der Waals surface area contributed by atoms with Gasteiger partial charge in [0, 0.05) is 24.6 Å². The Hall–Kier alpha value is -2.88. The van der Waals surface area contributed by atoms with Crippen molar-refractivity contribution in [1.29, 1.82) is 0 Å². The van der Waals surface area contributed by atoms with Crippen molar-refractivity contribution in [3.63, 3.8) is 0 Å². The molecule has 4 rings (SSSR count). The summed E-state index contributed by atoms with van der Waals surface area (Å²) in [5.74, 6) is 0.0527. The molecule has 1 aliphatic carbocycles. The van der Waals surface area contributed by atoms with E-state index in [4.69, 9.17) is 0 Å². The van der Waals surface area contributed by atoms with Gasteiger partial charge in [-0.2, -0.15) is 0 Å². The van der Waals surface area contributed by atoms with E-state index in [-0.39, 0.29) is 11.7 Å². The molecule has 1 N–H and O–H groups in total. The fourth-order valence-corrected chi connectivity index (χ4v) is 3.83. The summed E-state index contributed by atoms with van der Waals surface area (Å²) in [5, 5.41) is 3.44. The molecule has 4 nitrogen and oxygen atoms in total. The van der Waals surface area contributed by atoms with E-state index in [0.717, 1.165) is 41.1 Å². The molecule has 2 aromatic rings. The van der Waals surface area contributed by atoms with Crippen LogP contribution in [0.1, 0.15) is 37.8 Å². The number of anilines is 2. The van der Waals surface area contributed by atoms with Crippen LogP contribution in [0.4, 0.5) is 11.4 Å². The molecule has 1 unspecified atom stereocenters. The normalized spacial score (nSPS) is 19.6. The highest BCUT2D eigenvalue weighted by atomic mass is 16.2. The van der Waals surface area contributed by atoms with Crippen LogP contribution < -0.4 is 10.2 Å². The number of carbonyl (C=O) groups is 2. The van der Waals surface area contributed by atoms with Crippen molar-refractivity contribution in [3.8, 4) is 0 Å². The molecule has 0 spiro atoms. The highest BCUT2D eigenvalue weighted by Crippen LogP contribution is 2.44. The zero-order valence-corrected chi connectivity index (χ0v) is 14.2. The number of rotatable bonds is 1. The van der Waals surface area contributed by atoms with Gasteiger partial charge in [0.1, 0.15) is 0 Å². The number of para-hydroxylation sites is 2. The number of ketones is 1. The third-order valence-electron chi connectivity index (χ3n) is 4.89. The Balaban J connectivity index is 2.00. The van der Waals surface area contributed by atoms with Crippen LogP contribution in [0.2, 0.25) is 0 Å². The Morgan fingerprint density at radius 3 is 2.52 bits per heavy atom. The van der Waals surface area contributed by atoms with Gasteiger partial charge < -0.3 is 5.32 Å². The molecule has 2 aliphatic rings. The number of fused-ring (bicyclic) bond motifs is 1. The first-order valence-electron chi connectivity index (χ1n) is 8.64. The van der Waals surface area contributed by atoms with Gasteiger partial charge in [-0.1, -0.05) is 42.5 Å². The number of hydrogen-bond donors (Lipinski definition) is 1. The predicted octanol–water partition coefficient (Wildman–Crippen LogP) is 4.21. The molecule has 1 atom stereocenters. The first kappa shape index (κ1) is 15.6. The lowest BCUT2D eigenvalue weighted by molar-refractivity contribution is -0.117. The van der Waals surface area contributed by atoms with Crippen LogP contribution in [0.3, 0.4) is 0 Å². The van der Waals surface area contributed by atoms with Gasteiger partial charge in [-0.05, 0) is 30.5 Å². The maximum Gasteiger partial charge on any atom is 0.224 e. The number of nitrogens with zero attached hydrogens (tertiary/aromatic N) is 1. The van der Waals surface area contributed by atoms with Crippen LogP contribution in [0.15, 0.2) is 65.9 Å². The van der Waals surface area contributed by atoms with E-state index < -0.39 is 6.04 Å². The Kier molecular flexibility index (Phi) is 3.88. The number of Topliss-reactive ketones (excluding diaryl/α,β-unsaturated/α-hetero) is 1. The van der Waals surface area contributed by atoms with Crippen LogP contribution in [-0.2, 0) is 9.59 Å². The van der Waals surface area contributed by atoms with E-state index in [9.17, 15) is 9.59 Å². The highest BCUT2D eigenvalue weighted by Gasteiger charge is 2.38. The molecule has 0 saturated carbocycles. The van der Waals surface area contributed by atoms with Gasteiger partial charge in [0.25, 0.3) is 0 Å². The Morgan fingerprint density at radius 1 is 1.04 bits per heavy atom. The Morgan fingerprint density at radius 2 is 1.76 bits per heavy atom. The lowest BCUT2D eigenvalue weighted by Crippen LogP contribution is -2.36. The molecule has 25 heavy (non-hydrogen) atoms. The zero-order valence-electron chi connectivity index (χ0n) is 14.2. The first-order chi connectivity index (χ1) is 12.2. The monoisotopic (exact) mass is 332 g/mol. The van der Waals surface area contributed by atoms with Crippen molar-refractivity contribution in [1.82, 2.24) is 0 Å². The van der Waals surface area contributed by atoms with Gasteiger partial charge in [0.05, 0.1) is 17.4 Å². The highest BCUT2D eigenvalue weighted by molar-refractivity contribution is 6.05. The number of benzene rings is 2. The molecular formula is C21H20N2O2. The summed E-state index contributed by atoms with van der Waals surface area (Å²) < 4.78 is 0. The van der Waals surface area contributed by atoms with E-state index in [0.29, 0.717) is 6.42 Å². The molecule has 0 aromatic heterocycles. The molecular weight excluding hydrogens is 312 g/mol. The molecule has 126 valence electrons. The van der Waals surface area contributed by atoms with Crippen molar-refractivity contribution in [2.24, 2.45) is 0 Å². The van der Waals surface area contributed by atoms with E-state index in [1.165, 1.54) is 0 Å². The second-order valence-corrected chi connectivity index (χ2v) is 6.51. The smallest absolute Gasteiger partial charge is 0.224 e. The number of nitrogens with one attached hydrogen (secondary N) is 1. The fraction of sp³-hybridized carbons (Fsp3) is 0.238. The molecule has 4 heteroatoms. The lowest BCUT2D eigenvalue weighted by Gasteiger charge is -2.33. The van der Waals surface area contributed by atoms with Crippen molar-refractivity contribution in [2.75, 3.05) is 10.2 Å². The van der Waals surface area contributed by atoms with Crippen molar-refractivity contribution >= 4 is 23.1 Å². The standard InChI is InChI=1S/C21H20N2O2/c1-14(24)23-18-12-6-5-10-16(18)22-17-11-7-13-19(25)20(17)21(23)15-8-3-2-4-9-15/h2-6,8-10,12,21-22H,7,11,13H2,1H3. The number of carbonyl (C=O) groups excluding carboxylic acids is 2. The summed E-state index contributed by atoms with van der Waals surface area (Å²) in [5.41, 5.74) is 4.31. The van der Waals surface area contributed by atoms with Crippen LogP contribution in [-0.4, -0.2) is 11.7 Å². The maximum absolute atomic E-state index is 12.8. The summed E-state index contributed by atoms with van der Waals surface area (Å²) >= 11 is 0. The minimum absolute atomic E-state index is 0.0739. The summed E-state index contributed by atoms with van der Waals surface area (Å²) in [6, 6.07) is 17.2. The van der Waals surface area contributed by atoms with Crippen LogP contribution in [0.5, 0.6) is 0 Å². The van der Waals surface area contributed by atoms with E-state index >= 15 is 0 Å². The van der Waals surface area contributed by atoms with Crippen LogP contribution >= 0.6 is 0 Å². The van der Waals surface area contributed by atoms with Gasteiger partial charge in [-0.25, -0.2) is 0 Å². The number of hydrogen-bond acceptors (Lipinski definition) is 3. The average molecular weight is 332 g/mol. The summed E-state index contributed by atoms with van der Waals surface area (Å²) in [6.07, 6.45) is 2.20. The molecule has 0 saturated heterocycles. The second-order valence-electron chi connectivity index (χ2n) is 6.51. The fourth-order valence-electron chi connectivity index (χ4n) is 3.83. The van der Waals surface area contributed by atoms with E-state index in [1.807, 2.05) is 54.6 Å². The predicted molar refractivity (Wildman–Crippen MR) is 98.3 cm³/mol. The molecule has 0 bridgehead atoms. The third-order valence-corrected chi connectivity index (χ3v) is 4.89. The van der Waals surface area contributed by atoms with Crippen molar-refractivity contribution < 1.29 is 9.59 Å². The number of allylic oxidation sites excluding steroid dienone is 1. The van der Waals surface area contributed by atoms with E-state index in [1.54, 1.807) is 11.8 Å². The van der Waals surface area contributed by atoms with Gasteiger partial charge in [0.15, 0.2) is 5.78 Å². The largest absolute Gasteiger partial charge is 0.357 e. The Bertz CT molecular complexity index is 870. The molecule has 1 aliphatic heterocycles. The average Bonchev–Trinajstić information content (AvgIpc) is 2.77. The molecule has 2 aromatic carbocycles. The van der Waals surface area contributed by atoms with Gasteiger partial charge in [-0.15, -0.1) is 0 Å². The van der Waals surface area contributed by atoms with Crippen molar-refractivity contribution in [2.45, 2.75) is 32.2 Å². The third kappa shape index (κ3) is 2.64. The first-order valence-corrected chi connectivity index (χ1v) is 8.64. The number of amides is 1. The van der Waals surface area contributed by atoms with Gasteiger partial charge >= 0.3 is 0 Å². The summed E-state index contributed by atoms with van der Waals surface area (Å²) in [4.78, 5) is 27.2. The lowest BCUT2D eigenvalue weighted by atomic mass is 9.86. The maximum atomic E-state index is 12.8. The summed E-state index contributed by atoms with van der Waals surface area (Å²) in [6.45, 7) is 1.56. The van der Waals surface area contributed by atoms with Crippen LogP contribution in [0, 0.1) is 0 Å². The quantitative estimate of drug-likeness (QED) is 0.851. The topological polar surface area (TPSA) is 49.4 Å². The summed E-state index contributed by atoms with van der Waals surface area (Å²) in [7, 11) is 0. The molecule has 0 radical (unpaired) electrons. The SMILES string of the molecule is CC(=O)N1c2ccccc2NC2=C(C(=O)CCC2)C1c1ccccc1. The Labute approximate surface area is 147 Å². The van der Waals surface area contributed by atoms with Gasteiger partial charge in [0.2, 0.25) is 5.91 Å². The molecule has 1 heterocycles. The van der Waals surface area contributed by atoms with Crippen molar-refractivity contribution in [3.05, 3.63) is 71.4 Å². The van der Waals surface area contributed by atoms with Crippen LogP contribution in [0.25, 0.3) is 0 Å². The van der Waals surface area contributed by atoms with Gasteiger partial charge in [-0.3, -0.25) is 14.5 Å². The zero-order chi connectivity index (χ0) is 17.4. The molecule has 0 fully saturated rings. The van der Waals surface area contributed by atoms with E-state index in [2.05, 4.69) is 5.32 Å². The minimum atomic E-state index is -0.391.